The molecule has 4 saturated carbocycles. The van der Waals surface area contributed by atoms with Gasteiger partial charge in [-0.25, -0.2) is 0 Å². The third-order valence-corrected chi connectivity index (χ3v) is 8.52. The van der Waals surface area contributed by atoms with Gasteiger partial charge in [0.2, 0.25) is 5.71 Å². The molecular formula is C24H26N2O. The topological polar surface area (TPSA) is 21.3 Å². The molecule has 4 bridgehead atoms. The highest BCUT2D eigenvalue weighted by Crippen LogP contribution is 2.67. The summed E-state index contributed by atoms with van der Waals surface area (Å²) in [7, 11) is 2.20. The Labute approximate surface area is 159 Å². The quantitative estimate of drug-likeness (QED) is 0.577. The number of nitrogens with zero attached hydrogens (tertiary/aromatic N) is 2. The number of furan rings is 1. The first-order chi connectivity index (χ1) is 13.3. The van der Waals surface area contributed by atoms with Gasteiger partial charge in [0.05, 0.1) is 18.3 Å². The monoisotopic (exact) mass is 358 g/mol. The summed E-state index contributed by atoms with van der Waals surface area (Å²) in [5.74, 6) is 3.53. The van der Waals surface area contributed by atoms with Crippen molar-refractivity contribution < 1.29 is 4.42 Å². The molecule has 1 aliphatic heterocycles. The van der Waals surface area contributed by atoms with Crippen molar-refractivity contribution in [1.29, 1.82) is 0 Å². The third kappa shape index (κ3) is 1.62. The number of anilines is 1. The lowest BCUT2D eigenvalue weighted by Gasteiger charge is -2.63. The van der Waals surface area contributed by atoms with Gasteiger partial charge in [0.15, 0.2) is 0 Å². The second kappa shape index (κ2) is 4.81. The Hall–Kier alpha value is -2.16. The van der Waals surface area contributed by atoms with Crippen molar-refractivity contribution in [2.75, 3.05) is 4.90 Å². The summed E-state index contributed by atoms with van der Waals surface area (Å²) >= 11 is 0. The number of hydrogen-bond acceptors (Lipinski definition) is 2. The molecule has 3 heteroatoms. The van der Waals surface area contributed by atoms with Crippen LogP contribution >= 0.6 is 0 Å². The average molecular weight is 358 g/mol. The normalized spacial score (nSPS) is 36.3. The van der Waals surface area contributed by atoms with E-state index in [2.05, 4.69) is 52.9 Å². The lowest BCUT2D eigenvalue weighted by molar-refractivity contribution is -0.0581. The predicted octanol–water partition coefficient (Wildman–Crippen LogP) is 5.44. The van der Waals surface area contributed by atoms with E-state index in [0.717, 1.165) is 35.9 Å². The molecule has 3 heterocycles. The molecule has 0 atom stereocenters. The van der Waals surface area contributed by atoms with Gasteiger partial charge in [-0.3, -0.25) is 0 Å². The number of rotatable bonds is 1. The fraction of sp³-hybridized carbons (Fsp3) is 0.500. The minimum absolute atomic E-state index is 0.174. The zero-order valence-corrected chi connectivity index (χ0v) is 15.9. The van der Waals surface area contributed by atoms with Crippen molar-refractivity contribution in [3.8, 4) is 0 Å². The highest BCUT2D eigenvalue weighted by atomic mass is 16.3. The summed E-state index contributed by atoms with van der Waals surface area (Å²) in [6.07, 6.45) is 9.07. The second-order valence-corrected chi connectivity index (χ2v) is 9.57. The Kier molecular flexibility index (Phi) is 2.65. The van der Waals surface area contributed by atoms with Crippen molar-refractivity contribution in [2.45, 2.75) is 44.2 Å². The van der Waals surface area contributed by atoms with Crippen LogP contribution < -0.4 is 4.90 Å². The molecule has 1 aromatic carbocycles. The molecule has 0 amide bonds. The van der Waals surface area contributed by atoms with Gasteiger partial charge in [0.25, 0.3) is 0 Å². The number of fused-ring (bicyclic) bond motifs is 3. The Morgan fingerprint density at radius 1 is 0.926 bits per heavy atom. The molecule has 8 rings (SSSR count). The van der Waals surface area contributed by atoms with Gasteiger partial charge in [0.1, 0.15) is 0 Å². The van der Waals surface area contributed by atoms with E-state index in [0.29, 0.717) is 0 Å². The standard InChI is InChI=1S/C24H26N2O/c1-25-21-14-26(19-5-3-2-4-6-19)24(22(21)20-7-8-27-23(20)25)17-10-15-9-16(12-17)13-18(24)11-15/h2-8,15-18H,9-14H2,1H3. The fourth-order valence-corrected chi connectivity index (χ4v) is 7.91. The molecule has 138 valence electrons. The molecular weight excluding hydrogens is 332 g/mol. The van der Waals surface area contributed by atoms with Crippen LogP contribution in [0.5, 0.6) is 0 Å². The third-order valence-electron chi connectivity index (χ3n) is 8.52. The zero-order chi connectivity index (χ0) is 17.8. The van der Waals surface area contributed by atoms with Gasteiger partial charge in [-0.1, -0.05) is 18.2 Å². The first kappa shape index (κ1) is 14.8. The zero-order valence-electron chi connectivity index (χ0n) is 15.9. The maximum atomic E-state index is 5.92. The van der Waals surface area contributed by atoms with Gasteiger partial charge >= 0.3 is 0 Å². The second-order valence-electron chi connectivity index (χ2n) is 9.57. The maximum absolute atomic E-state index is 5.92. The first-order valence-electron chi connectivity index (χ1n) is 10.6. The van der Waals surface area contributed by atoms with Crippen LogP contribution in [0.4, 0.5) is 5.69 Å². The first-order valence-corrected chi connectivity index (χ1v) is 10.6. The summed E-state index contributed by atoms with van der Waals surface area (Å²) < 4.78 is 8.25. The molecule has 0 saturated heterocycles. The van der Waals surface area contributed by atoms with Crippen molar-refractivity contribution in [1.82, 2.24) is 4.57 Å². The molecule has 0 unspecified atom stereocenters. The van der Waals surface area contributed by atoms with Crippen LogP contribution in [0.2, 0.25) is 0 Å². The van der Waals surface area contributed by atoms with Crippen molar-refractivity contribution >= 4 is 16.8 Å². The minimum atomic E-state index is 0.174. The van der Waals surface area contributed by atoms with Gasteiger partial charge in [0, 0.05) is 29.4 Å². The number of benzene rings is 1. The van der Waals surface area contributed by atoms with Crippen LogP contribution in [0.15, 0.2) is 47.1 Å². The van der Waals surface area contributed by atoms with E-state index in [-0.39, 0.29) is 5.54 Å². The minimum Gasteiger partial charge on any atom is -0.448 e. The van der Waals surface area contributed by atoms with Crippen LogP contribution in [0, 0.1) is 23.7 Å². The Morgan fingerprint density at radius 2 is 1.63 bits per heavy atom. The molecule has 4 aliphatic carbocycles. The van der Waals surface area contributed by atoms with Crippen LogP contribution in [-0.4, -0.2) is 4.57 Å². The molecule has 0 N–H and O–H groups in total. The van der Waals surface area contributed by atoms with Crippen molar-refractivity contribution in [2.24, 2.45) is 30.7 Å². The van der Waals surface area contributed by atoms with E-state index in [1.54, 1.807) is 5.56 Å². The Bertz CT molecular complexity index is 1020. The molecule has 3 aromatic rings. The molecule has 3 nitrogen and oxygen atoms in total. The molecule has 1 spiro atoms. The van der Waals surface area contributed by atoms with Gasteiger partial charge in [-0.2, -0.15) is 0 Å². The molecule has 0 radical (unpaired) electrons. The SMILES string of the molecule is Cn1c2c(c3ccoc31)C1(C3CC4CC(C3)CC1C4)N(c1ccccc1)C2. The lowest BCUT2D eigenvalue weighted by atomic mass is 9.47. The van der Waals surface area contributed by atoms with Crippen LogP contribution in [0.25, 0.3) is 11.1 Å². The summed E-state index contributed by atoms with van der Waals surface area (Å²) in [4.78, 5) is 2.80. The van der Waals surface area contributed by atoms with E-state index in [4.69, 9.17) is 4.42 Å². The highest BCUT2D eigenvalue weighted by Gasteiger charge is 2.64. The highest BCUT2D eigenvalue weighted by molar-refractivity contribution is 5.85. The average Bonchev–Trinajstić information content (AvgIpc) is 3.34. The van der Waals surface area contributed by atoms with Crippen LogP contribution in [0.3, 0.4) is 0 Å². The van der Waals surface area contributed by atoms with E-state index < -0.39 is 0 Å². The smallest absolute Gasteiger partial charge is 0.206 e. The van der Waals surface area contributed by atoms with Crippen LogP contribution in [0.1, 0.15) is 43.4 Å². The number of para-hydroxylation sites is 1. The Balaban J connectivity index is 1.53. The van der Waals surface area contributed by atoms with E-state index in [1.165, 1.54) is 48.9 Å². The summed E-state index contributed by atoms with van der Waals surface area (Å²) in [5, 5.41) is 1.37. The van der Waals surface area contributed by atoms with Crippen molar-refractivity contribution in [3.63, 3.8) is 0 Å². The van der Waals surface area contributed by atoms with Gasteiger partial charge in [-0.15, -0.1) is 0 Å². The molecule has 2 aromatic heterocycles. The van der Waals surface area contributed by atoms with Crippen molar-refractivity contribution in [3.05, 3.63) is 53.9 Å². The molecule has 5 aliphatic rings. The Morgan fingerprint density at radius 3 is 2.33 bits per heavy atom. The van der Waals surface area contributed by atoms with Crippen LogP contribution in [-0.2, 0) is 19.1 Å². The van der Waals surface area contributed by atoms with Gasteiger partial charge in [-0.05, 0) is 74.0 Å². The van der Waals surface area contributed by atoms with Gasteiger partial charge < -0.3 is 13.9 Å². The number of aromatic nitrogens is 1. The number of aryl methyl sites for hydroxylation is 1. The summed E-state index contributed by atoms with van der Waals surface area (Å²) in [6.45, 7) is 1.02. The van der Waals surface area contributed by atoms with E-state index >= 15 is 0 Å². The predicted molar refractivity (Wildman–Crippen MR) is 107 cm³/mol. The fourth-order valence-electron chi connectivity index (χ4n) is 7.91. The van der Waals surface area contributed by atoms with E-state index in [1.807, 2.05) is 6.26 Å². The lowest BCUT2D eigenvalue weighted by Crippen LogP contribution is -2.61. The number of hydrogen-bond donors (Lipinski definition) is 0. The molecule has 4 fully saturated rings. The maximum Gasteiger partial charge on any atom is 0.206 e. The molecule has 27 heavy (non-hydrogen) atoms. The van der Waals surface area contributed by atoms with E-state index in [9.17, 15) is 0 Å². The largest absolute Gasteiger partial charge is 0.448 e. The summed E-state index contributed by atoms with van der Waals surface area (Å²) in [5.41, 5.74) is 5.75. The summed E-state index contributed by atoms with van der Waals surface area (Å²) in [6, 6.07) is 13.4.